The van der Waals surface area contributed by atoms with Gasteiger partial charge in [0, 0.05) is 4.90 Å². The largest absolute Gasteiger partial charge is 0.465 e. The van der Waals surface area contributed by atoms with Crippen LogP contribution in [-0.2, 0) is 20.3 Å². The molecule has 17 heavy (non-hydrogen) atoms. The first kappa shape index (κ1) is 13.8. The van der Waals surface area contributed by atoms with Gasteiger partial charge in [-0.2, -0.15) is 0 Å². The summed E-state index contributed by atoms with van der Waals surface area (Å²) in [5.74, 6) is -1.20. The lowest BCUT2D eigenvalue weighted by molar-refractivity contribution is -0.140. The molecular formula is C12H15FO3S. The topological polar surface area (TPSA) is 43.4 Å². The molecule has 3 nitrogen and oxygen atoms in total. The molecule has 1 aromatic carbocycles. The summed E-state index contributed by atoms with van der Waals surface area (Å²) in [6, 6.07) is 5.42. The molecule has 0 saturated heterocycles. The monoisotopic (exact) mass is 258 g/mol. The molecule has 0 radical (unpaired) electrons. The number of hydrogen-bond acceptors (Lipinski definition) is 3. The van der Waals surface area contributed by atoms with Gasteiger partial charge in [-0.05, 0) is 24.6 Å². The van der Waals surface area contributed by atoms with Gasteiger partial charge >= 0.3 is 5.97 Å². The number of benzene rings is 1. The molecule has 0 heterocycles. The van der Waals surface area contributed by atoms with Crippen molar-refractivity contribution < 1.29 is 18.1 Å². The molecule has 0 saturated carbocycles. The summed E-state index contributed by atoms with van der Waals surface area (Å²) in [6.07, 6.45) is 1.72. The number of hydrogen-bond donors (Lipinski definition) is 0. The van der Waals surface area contributed by atoms with E-state index in [-0.39, 0.29) is 5.75 Å². The lowest BCUT2D eigenvalue weighted by Gasteiger charge is -2.04. The molecule has 0 spiro atoms. The first-order valence-electron chi connectivity index (χ1n) is 5.43. The van der Waals surface area contributed by atoms with E-state index in [0.717, 1.165) is 18.9 Å². The Balaban J connectivity index is 2.46. The molecule has 0 bridgehead atoms. The fourth-order valence-electron chi connectivity index (χ4n) is 1.17. The van der Waals surface area contributed by atoms with Crippen molar-refractivity contribution in [1.82, 2.24) is 0 Å². The third-order valence-electron chi connectivity index (χ3n) is 2.07. The average molecular weight is 258 g/mol. The summed E-state index contributed by atoms with van der Waals surface area (Å²) in [5, 5.41) is 0. The van der Waals surface area contributed by atoms with Crippen LogP contribution < -0.4 is 0 Å². The zero-order valence-electron chi connectivity index (χ0n) is 9.65. The van der Waals surface area contributed by atoms with E-state index >= 15 is 0 Å². The fraction of sp³-hybridized carbons (Fsp3) is 0.417. The summed E-state index contributed by atoms with van der Waals surface area (Å²) in [5.41, 5.74) is 0. The summed E-state index contributed by atoms with van der Waals surface area (Å²) in [7, 11) is -1.54. The Morgan fingerprint density at radius 2 is 2.24 bits per heavy atom. The molecule has 1 aromatic rings. The lowest BCUT2D eigenvalue weighted by Crippen LogP contribution is -2.15. The van der Waals surface area contributed by atoms with Gasteiger partial charge < -0.3 is 4.74 Å². The van der Waals surface area contributed by atoms with Gasteiger partial charge in [0.2, 0.25) is 0 Å². The molecule has 0 aromatic heterocycles. The molecule has 1 unspecified atom stereocenters. The van der Waals surface area contributed by atoms with Gasteiger partial charge in [-0.1, -0.05) is 19.4 Å². The number of ether oxygens (including phenoxy) is 1. The highest BCUT2D eigenvalue weighted by Crippen LogP contribution is 2.09. The first-order chi connectivity index (χ1) is 8.13. The van der Waals surface area contributed by atoms with Crippen molar-refractivity contribution in [1.29, 1.82) is 0 Å². The second-order valence-electron chi connectivity index (χ2n) is 3.52. The number of halogens is 1. The summed E-state index contributed by atoms with van der Waals surface area (Å²) < 4.78 is 29.4. The van der Waals surface area contributed by atoms with E-state index in [1.807, 2.05) is 6.92 Å². The molecule has 1 atom stereocenters. The van der Waals surface area contributed by atoms with Crippen LogP contribution >= 0.6 is 0 Å². The van der Waals surface area contributed by atoms with Gasteiger partial charge in [0.25, 0.3) is 0 Å². The number of rotatable bonds is 6. The van der Waals surface area contributed by atoms with Crippen molar-refractivity contribution in [2.75, 3.05) is 12.4 Å². The minimum atomic E-state index is -1.54. The van der Waals surface area contributed by atoms with Crippen LogP contribution in [-0.4, -0.2) is 22.5 Å². The predicted molar refractivity (Wildman–Crippen MR) is 63.5 cm³/mol. The van der Waals surface area contributed by atoms with Crippen LogP contribution in [0.5, 0.6) is 0 Å². The quantitative estimate of drug-likeness (QED) is 0.580. The molecule has 0 aliphatic heterocycles. The van der Waals surface area contributed by atoms with Crippen LogP contribution in [0.3, 0.4) is 0 Å². The third-order valence-corrected chi connectivity index (χ3v) is 3.35. The van der Waals surface area contributed by atoms with Crippen molar-refractivity contribution in [3.05, 3.63) is 30.1 Å². The fourth-order valence-corrected chi connectivity index (χ4v) is 2.11. The van der Waals surface area contributed by atoms with E-state index < -0.39 is 22.6 Å². The van der Waals surface area contributed by atoms with E-state index in [4.69, 9.17) is 4.74 Å². The van der Waals surface area contributed by atoms with Crippen LogP contribution in [0.15, 0.2) is 29.2 Å². The summed E-state index contributed by atoms with van der Waals surface area (Å²) in [6.45, 7) is 2.33. The second-order valence-corrected chi connectivity index (χ2v) is 4.97. The molecule has 1 rings (SSSR count). The number of unbranched alkanes of at least 4 members (excludes halogenated alkanes) is 1. The molecule has 0 fully saturated rings. The molecule has 0 N–H and O–H groups in total. The summed E-state index contributed by atoms with van der Waals surface area (Å²) >= 11 is 0. The SMILES string of the molecule is CCCCOC(=O)CS(=O)c1cccc(F)c1. The normalized spacial score (nSPS) is 12.1. The minimum Gasteiger partial charge on any atom is -0.465 e. The zero-order chi connectivity index (χ0) is 12.7. The second kappa shape index (κ2) is 7.17. The Morgan fingerprint density at radius 1 is 1.47 bits per heavy atom. The highest BCUT2D eigenvalue weighted by molar-refractivity contribution is 7.85. The third kappa shape index (κ3) is 5.08. The highest BCUT2D eigenvalue weighted by Gasteiger charge is 2.11. The van der Waals surface area contributed by atoms with Crippen LogP contribution in [0.1, 0.15) is 19.8 Å². The van der Waals surface area contributed by atoms with Crippen molar-refractivity contribution in [3.63, 3.8) is 0 Å². The zero-order valence-corrected chi connectivity index (χ0v) is 10.5. The Labute approximate surface area is 102 Å². The smallest absolute Gasteiger partial charge is 0.318 e. The molecular weight excluding hydrogens is 243 g/mol. The van der Waals surface area contributed by atoms with Gasteiger partial charge in [-0.15, -0.1) is 0 Å². The highest BCUT2D eigenvalue weighted by atomic mass is 32.2. The van der Waals surface area contributed by atoms with Gasteiger partial charge in [0.05, 0.1) is 17.4 Å². The maximum absolute atomic E-state index is 12.9. The van der Waals surface area contributed by atoms with Crippen molar-refractivity contribution in [2.45, 2.75) is 24.7 Å². The van der Waals surface area contributed by atoms with Crippen molar-refractivity contribution in [3.8, 4) is 0 Å². The maximum atomic E-state index is 12.9. The number of carbonyl (C=O) groups excluding carboxylic acids is 1. The molecule has 94 valence electrons. The van der Waals surface area contributed by atoms with Gasteiger partial charge in [0.15, 0.2) is 0 Å². The standard InChI is InChI=1S/C12H15FO3S/c1-2-3-7-16-12(14)9-17(15)11-6-4-5-10(13)8-11/h4-6,8H,2-3,7,9H2,1H3. The molecule has 0 amide bonds. The minimum absolute atomic E-state index is 0.229. The molecule has 5 heteroatoms. The maximum Gasteiger partial charge on any atom is 0.318 e. The van der Waals surface area contributed by atoms with E-state index in [0.29, 0.717) is 11.5 Å². The van der Waals surface area contributed by atoms with Gasteiger partial charge in [-0.3, -0.25) is 9.00 Å². The van der Waals surface area contributed by atoms with Crippen LogP contribution in [0.4, 0.5) is 4.39 Å². The van der Waals surface area contributed by atoms with E-state index in [1.165, 1.54) is 18.2 Å². The first-order valence-corrected chi connectivity index (χ1v) is 6.75. The van der Waals surface area contributed by atoms with E-state index in [9.17, 15) is 13.4 Å². The Bertz CT molecular complexity index is 406. The predicted octanol–water partition coefficient (Wildman–Crippen LogP) is 2.28. The van der Waals surface area contributed by atoms with E-state index in [2.05, 4.69) is 0 Å². The van der Waals surface area contributed by atoms with Crippen molar-refractivity contribution >= 4 is 16.8 Å². The average Bonchev–Trinajstić information content (AvgIpc) is 2.29. The van der Waals surface area contributed by atoms with Crippen molar-refractivity contribution in [2.24, 2.45) is 0 Å². The lowest BCUT2D eigenvalue weighted by atomic mass is 10.4. The van der Waals surface area contributed by atoms with Crippen LogP contribution in [0, 0.1) is 5.82 Å². The Morgan fingerprint density at radius 3 is 2.88 bits per heavy atom. The Kier molecular flexibility index (Phi) is 5.83. The molecule has 0 aliphatic carbocycles. The Hall–Kier alpha value is -1.23. The number of esters is 1. The molecule has 0 aliphatic rings. The number of carbonyl (C=O) groups is 1. The van der Waals surface area contributed by atoms with Crippen LogP contribution in [0.25, 0.3) is 0 Å². The van der Waals surface area contributed by atoms with E-state index in [1.54, 1.807) is 0 Å². The van der Waals surface area contributed by atoms with Gasteiger partial charge in [-0.25, -0.2) is 4.39 Å². The van der Waals surface area contributed by atoms with Crippen LogP contribution in [0.2, 0.25) is 0 Å². The summed E-state index contributed by atoms with van der Waals surface area (Å²) in [4.78, 5) is 11.6. The van der Waals surface area contributed by atoms with Gasteiger partial charge in [0.1, 0.15) is 11.6 Å².